The summed E-state index contributed by atoms with van der Waals surface area (Å²) in [6.07, 6.45) is 4.80. The number of anilines is 1. The lowest BCUT2D eigenvalue weighted by atomic mass is 9.87. The van der Waals surface area contributed by atoms with Gasteiger partial charge in [0.2, 0.25) is 0 Å². The minimum Gasteiger partial charge on any atom is -0.444 e. The van der Waals surface area contributed by atoms with E-state index in [9.17, 15) is 4.79 Å². The third-order valence-electron chi connectivity index (χ3n) is 4.21. The standard InChI is InChI=1S/C19H30N2O2/c1-14-5-9-16(10-6-14)20-13-15-7-11-17(12-8-15)21-18(22)23-19(2,3)4/h7-8,11-12,14,16,20H,5-6,9-10,13H2,1-4H3,(H,21,22). The molecule has 1 saturated carbocycles. The molecular formula is C19H30N2O2. The highest BCUT2D eigenvalue weighted by atomic mass is 16.6. The topological polar surface area (TPSA) is 50.4 Å². The predicted octanol–water partition coefficient (Wildman–Crippen LogP) is 4.70. The van der Waals surface area contributed by atoms with Crippen LogP contribution in [0.15, 0.2) is 24.3 Å². The first-order chi connectivity index (χ1) is 10.8. The number of hydrogen-bond donors (Lipinski definition) is 2. The summed E-state index contributed by atoms with van der Waals surface area (Å²) in [5, 5.41) is 6.39. The molecule has 4 heteroatoms. The van der Waals surface area contributed by atoms with Gasteiger partial charge in [-0.25, -0.2) is 4.79 Å². The molecule has 4 nitrogen and oxygen atoms in total. The van der Waals surface area contributed by atoms with Crippen LogP contribution in [-0.2, 0) is 11.3 Å². The fourth-order valence-electron chi connectivity index (χ4n) is 2.85. The van der Waals surface area contributed by atoms with Gasteiger partial charge in [0.15, 0.2) is 0 Å². The average molecular weight is 318 g/mol. The Kier molecular flexibility index (Phi) is 6.05. The van der Waals surface area contributed by atoms with E-state index in [1.54, 1.807) is 0 Å². The van der Waals surface area contributed by atoms with Crippen molar-refractivity contribution in [1.29, 1.82) is 0 Å². The van der Waals surface area contributed by atoms with Crippen LogP contribution in [0.5, 0.6) is 0 Å². The molecule has 0 heterocycles. The van der Waals surface area contributed by atoms with Gasteiger partial charge in [0.05, 0.1) is 0 Å². The Bertz CT molecular complexity index is 497. The molecule has 2 N–H and O–H groups in total. The molecule has 0 unspecified atom stereocenters. The average Bonchev–Trinajstić information content (AvgIpc) is 2.46. The lowest BCUT2D eigenvalue weighted by molar-refractivity contribution is 0.0636. The van der Waals surface area contributed by atoms with Crippen LogP contribution in [0.4, 0.5) is 10.5 Å². The van der Waals surface area contributed by atoms with Crippen LogP contribution in [0.1, 0.15) is 58.9 Å². The van der Waals surface area contributed by atoms with Gasteiger partial charge in [-0.15, -0.1) is 0 Å². The monoisotopic (exact) mass is 318 g/mol. The smallest absolute Gasteiger partial charge is 0.412 e. The van der Waals surface area contributed by atoms with Crippen LogP contribution in [0.25, 0.3) is 0 Å². The van der Waals surface area contributed by atoms with Gasteiger partial charge in [0.25, 0.3) is 0 Å². The molecule has 0 aromatic heterocycles. The van der Waals surface area contributed by atoms with E-state index in [1.807, 2.05) is 45.0 Å². The van der Waals surface area contributed by atoms with E-state index in [0.29, 0.717) is 6.04 Å². The van der Waals surface area contributed by atoms with Gasteiger partial charge >= 0.3 is 6.09 Å². The Morgan fingerprint density at radius 3 is 2.30 bits per heavy atom. The van der Waals surface area contributed by atoms with Crippen molar-refractivity contribution in [2.45, 2.75) is 71.6 Å². The fourth-order valence-corrected chi connectivity index (χ4v) is 2.85. The van der Waals surface area contributed by atoms with Crippen LogP contribution in [0.3, 0.4) is 0 Å². The van der Waals surface area contributed by atoms with E-state index in [1.165, 1.54) is 31.2 Å². The predicted molar refractivity (Wildman–Crippen MR) is 94.6 cm³/mol. The zero-order valence-electron chi connectivity index (χ0n) is 14.8. The van der Waals surface area contributed by atoms with Gasteiger partial charge < -0.3 is 10.1 Å². The summed E-state index contributed by atoms with van der Waals surface area (Å²) < 4.78 is 5.24. The number of ether oxygens (including phenoxy) is 1. The highest BCUT2D eigenvalue weighted by molar-refractivity contribution is 5.84. The van der Waals surface area contributed by atoms with E-state index in [4.69, 9.17) is 4.74 Å². The highest BCUT2D eigenvalue weighted by Gasteiger charge is 2.18. The molecule has 1 aliphatic carbocycles. The Labute approximate surface area is 140 Å². The van der Waals surface area contributed by atoms with E-state index < -0.39 is 11.7 Å². The van der Waals surface area contributed by atoms with Crippen molar-refractivity contribution in [2.24, 2.45) is 5.92 Å². The number of carbonyl (C=O) groups is 1. The Morgan fingerprint density at radius 1 is 1.13 bits per heavy atom. The minimum atomic E-state index is -0.481. The minimum absolute atomic E-state index is 0.417. The molecule has 1 aromatic carbocycles. The summed E-state index contributed by atoms with van der Waals surface area (Å²) in [5.74, 6) is 0.881. The van der Waals surface area contributed by atoms with Crippen molar-refractivity contribution in [2.75, 3.05) is 5.32 Å². The Hall–Kier alpha value is -1.55. The Balaban J connectivity index is 1.77. The van der Waals surface area contributed by atoms with Gasteiger partial charge in [-0.3, -0.25) is 5.32 Å². The second-order valence-electron chi connectivity index (χ2n) is 7.66. The molecule has 1 aromatic rings. The van der Waals surface area contributed by atoms with Crippen LogP contribution in [0, 0.1) is 5.92 Å². The molecule has 0 spiro atoms. The largest absolute Gasteiger partial charge is 0.444 e. The third kappa shape index (κ3) is 6.61. The first-order valence-electron chi connectivity index (χ1n) is 8.64. The number of hydrogen-bond acceptors (Lipinski definition) is 3. The highest BCUT2D eigenvalue weighted by Crippen LogP contribution is 2.23. The maximum Gasteiger partial charge on any atom is 0.412 e. The number of benzene rings is 1. The summed E-state index contributed by atoms with van der Waals surface area (Å²) in [6.45, 7) is 8.78. The second-order valence-corrected chi connectivity index (χ2v) is 7.66. The van der Waals surface area contributed by atoms with Crippen molar-refractivity contribution in [3.05, 3.63) is 29.8 Å². The molecule has 0 saturated heterocycles. The molecule has 0 radical (unpaired) electrons. The third-order valence-corrected chi connectivity index (χ3v) is 4.21. The molecule has 23 heavy (non-hydrogen) atoms. The fraction of sp³-hybridized carbons (Fsp3) is 0.632. The van der Waals surface area contributed by atoms with Gasteiger partial charge in [-0.1, -0.05) is 19.1 Å². The lowest BCUT2D eigenvalue weighted by Crippen LogP contribution is -2.32. The SMILES string of the molecule is CC1CCC(NCc2ccc(NC(=O)OC(C)(C)C)cc2)CC1. The Morgan fingerprint density at radius 2 is 1.74 bits per heavy atom. The summed E-state index contributed by atoms with van der Waals surface area (Å²) in [7, 11) is 0. The maximum atomic E-state index is 11.7. The van der Waals surface area contributed by atoms with E-state index in [0.717, 1.165) is 18.2 Å². The second kappa shape index (κ2) is 7.82. The first-order valence-corrected chi connectivity index (χ1v) is 8.64. The summed E-state index contributed by atoms with van der Waals surface area (Å²) in [6, 6.07) is 8.58. The summed E-state index contributed by atoms with van der Waals surface area (Å²) >= 11 is 0. The molecule has 0 aliphatic heterocycles. The first kappa shape index (κ1) is 17.8. The molecule has 0 atom stereocenters. The van der Waals surface area contributed by atoms with Crippen LogP contribution < -0.4 is 10.6 Å². The van der Waals surface area contributed by atoms with Gasteiger partial charge in [0.1, 0.15) is 5.60 Å². The number of carbonyl (C=O) groups excluding carboxylic acids is 1. The molecule has 128 valence electrons. The summed E-state index contributed by atoms with van der Waals surface area (Å²) in [4.78, 5) is 11.7. The number of rotatable bonds is 4. The van der Waals surface area contributed by atoms with Crippen molar-refractivity contribution in [3.8, 4) is 0 Å². The number of amides is 1. The quantitative estimate of drug-likeness (QED) is 0.846. The van der Waals surface area contributed by atoms with Crippen LogP contribution in [0.2, 0.25) is 0 Å². The van der Waals surface area contributed by atoms with Crippen molar-refractivity contribution in [1.82, 2.24) is 5.32 Å². The molecule has 1 fully saturated rings. The van der Waals surface area contributed by atoms with E-state index in [2.05, 4.69) is 17.6 Å². The van der Waals surface area contributed by atoms with Crippen molar-refractivity contribution < 1.29 is 9.53 Å². The normalized spacial score (nSPS) is 21.7. The summed E-state index contributed by atoms with van der Waals surface area (Å²) in [5.41, 5.74) is 1.51. The molecular weight excluding hydrogens is 288 g/mol. The zero-order valence-corrected chi connectivity index (χ0v) is 14.8. The van der Waals surface area contributed by atoms with Gasteiger partial charge in [-0.2, -0.15) is 0 Å². The molecule has 1 amide bonds. The lowest BCUT2D eigenvalue weighted by Gasteiger charge is -2.27. The van der Waals surface area contributed by atoms with Crippen molar-refractivity contribution in [3.63, 3.8) is 0 Å². The van der Waals surface area contributed by atoms with Crippen LogP contribution >= 0.6 is 0 Å². The van der Waals surface area contributed by atoms with E-state index >= 15 is 0 Å². The van der Waals surface area contributed by atoms with Crippen LogP contribution in [-0.4, -0.2) is 17.7 Å². The number of nitrogens with one attached hydrogen (secondary N) is 2. The van der Waals surface area contributed by atoms with E-state index in [-0.39, 0.29) is 0 Å². The molecule has 2 rings (SSSR count). The maximum absolute atomic E-state index is 11.7. The molecule has 1 aliphatic rings. The van der Waals surface area contributed by atoms with Crippen molar-refractivity contribution >= 4 is 11.8 Å². The van der Waals surface area contributed by atoms with Gasteiger partial charge in [-0.05, 0) is 70.1 Å². The van der Waals surface area contributed by atoms with Gasteiger partial charge in [0, 0.05) is 18.3 Å². The molecule has 0 bridgehead atoms. The zero-order chi connectivity index (χ0) is 16.9.